The molecule has 1 atom stereocenters. The fraction of sp³-hybridized carbons (Fsp3) is 0.550. The Balaban J connectivity index is 1.48. The fourth-order valence-electron chi connectivity index (χ4n) is 4.28. The normalized spacial score (nSPS) is 22.4. The van der Waals surface area contributed by atoms with E-state index in [0.29, 0.717) is 5.91 Å². The van der Waals surface area contributed by atoms with Gasteiger partial charge in [-0.3, -0.25) is 9.69 Å². The van der Waals surface area contributed by atoms with Gasteiger partial charge in [0.15, 0.2) is 0 Å². The maximum atomic E-state index is 12.9. The summed E-state index contributed by atoms with van der Waals surface area (Å²) in [6, 6.07) is 8.94. The number of aryl methyl sites for hydroxylation is 1. The molecule has 0 unspecified atom stereocenters. The minimum atomic E-state index is 0.0922. The van der Waals surface area contributed by atoms with Crippen molar-refractivity contribution in [1.29, 1.82) is 0 Å². The lowest BCUT2D eigenvalue weighted by molar-refractivity contribution is -0.137. The zero-order valence-corrected chi connectivity index (χ0v) is 14.6. The summed E-state index contributed by atoms with van der Waals surface area (Å²) < 4.78 is 2.15. The molecular formula is C20H27N3O. The van der Waals surface area contributed by atoms with E-state index in [1.807, 2.05) is 0 Å². The third-order valence-corrected chi connectivity index (χ3v) is 5.65. The van der Waals surface area contributed by atoms with Crippen LogP contribution in [0, 0.1) is 0 Å². The second kappa shape index (κ2) is 6.60. The summed E-state index contributed by atoms with van der Waals surface area (Å²) in [5.41, 5.74) is 2.58. The summed E-state index contributed by atoms with van der Waals surface area (Å²) in [4.78, 5) is 17.4. The average Bonchev–Trinajstić information content (AvgIpc) is 3.22. The van der Waals surface area contributed by atoms with Crippen LogP contribution in [0.4, 0.5) is 0 Å². The number of carbonyl (C=O) groups is 1. The minimum absolute atomic E-state index is 0.0922. The number of amides is 1. The van der Waals surface area contributed by atoms with Crippen LogP contribution in [0.15, 0.2) is 30.5 Å². The SMILES string of the molecule is Cn1ccc2cc(CN3CCC[C@H]3C(=O)N3CCCCC3)ccc21. The predicted molar refractivity (Wildman–Crippen MR) is 96.8 cm³/mol. The second-order valence-corrected chi connectivity index (χ2v) is 7.33. The molecule has 1 aromatic carbocycles. The highest BCUT2D eigenvalue weighted by atomic mass is 16.2. The molecule has 2 saturated heterocycles. The molecule has 0 radical (unpaired) electrons. The number of hydrogen-bond acceptors (Lipinski definition) is 2. The Kier molecular flexibility index (Phi) is 4.31. The van der Waals surface area contributed by atoms with Crippen LogP contribution in [-0.2, 0) is 18.4 Å². The van der Waals surface area contributed by atoms with Gasteiger partial charge in [-0.1, -0.05) is 6.07 Å². The van der Waals surface area contributed by atoms with E-state index in [9.17, 15) is 4.79 Å². The number of rotatable bonds is 3. The molecule has 0 saturated carbocycles. The number of carbonyl (C=O) groups excluding carboxylic acids is 1. The van der Waals surface area contributed by atoms with Gasteiger partial charge in [0.05, 0.1) is 6.04 Å². The predicted octanol–water partition coefficient (Wildman–Crippen LogP) is 3.16. The summed E-state index contributed by atoms with van der Waals surface area (Å²) in [7, 11) is 2.08. The van der Waals surface area contributed by atoms with E-state index in [4.69, 9.17) is 0 Å². The maximum Gasteiger partial charge on any atom is 0.239 e. The van der Waals surface area contributed by atoms with Crippen LogP contribution in [-0.4, -0.2) is 46.0 Å². The monoisotopic (exact) mass is 325 g/mol. The molecule has 24 heavy (non-hydrogen) atoms. The number of hydrogen-bond donors (Lipinski definition) is 0. The molecule has 2 fully saturated rings. The molecule has 128 valence electrons. The number of benzene rings is 1. The molecule has 4 rings (SSSR count). The first-order chi connectivity index (χ1) is 11.7. The lowest BCUT2D eigenvalue weighted by Crippen LogP contribution is -2.47. The van der Waals surface area contributed by atoms with Gasteiger partial charge in [0.1, 0.15) is 0 Å². The quantitative estimate of drug-likeness (QED) is 0.867. The molecular weight excluding hydrogens is 298 g/mol. The van der Waals surface area contributed by atoms with Crippen LogP contribution in [0.3, 0.4) is 0 Å². The zero-order valence-electron chi connectivity index (χ0n) is 14.6. The Morgan fingerprint density at radius 1 is 1.08 bits per heavy atom. The summed E-state index contributed by atoms with van der Waals surface area (Å²) in [6.45, 7) is 3.84. The highest BCUT2D eigenvalue weighted by Crippen LogP contribution is 2.25. The van der Waals surface area contributed by atoms with Crippen molar-refractivity contribution in [1.82, 2.24) is 14.4 Å². The topological polar surface area (TPSA) is 28.5 Å². The largest absolute Gasteiger partial charge is 0.351 e. The molecule has 1 aromatic heterocycles. The van der Waals surface area contributed by atoms with Crippen molar-refractivity contribution in [2.45, 2.75) is 44.7 Å². The van der Waals surface area contributed by atoms with Crippen molar-refractivity contribution in [2.75, 3.05) is 19.6 Å². The minimum Gasteiger partial charge on any atom is -0.351 e. The van der Waals surface area contributed by atoms with Gasteiger partial charge in [-0.15, -0.1) is 0 Å². The van der Waals surface area contributed by atoms with Crippen LogP contribution >= 0.6 is 0 Å². The molecule has 1 amide bonds. The van der Waals surface area contributed by atoms with Gasteiger partial charge in [-0.2, -0.15) is 0 Å². The fourth-order valence-corrected chi connectivity index (χ4v) is 4.28. The van der Waals surface area contributed by atoms with Crippen molar-refractivity contribution < 1.29 is 4.79 Å². The second-order valence-electron chi connectivity index (χ2n) is 7.33. The van der Waals surface area contributed by atoms with Crippen LogP contribution in [0.1, 0.15) is 37.7 Å². The summed E-state index contributed by atoms with van der Waals surface area (Å²) in [5.74, 6) is 0.369. The zero-order chi connectivity index (χ0) is 16.5. The molecule has 2 aliphatic heterocycles. The van der Waals surface area contributed by atoms with E-state index < -0.39 is 0 Å². The number of likely N-dealkylation sites (tertiary alicyclic amines) is 2. The van der Waals surface area contributed by atoms with Gasteiger partial charge in [-0.25, -0.2) is 0 Å². The third kappa shape index (κ3) is 2.95. The number of nitrogens with zero attached hydrogens (tertiary/aromatic N) is 3. The van der Waals surface area contributed by atoms with E-state index in [1.54, 1.807) is 0 Å². The first-order valence-electron chi connectivity index (χ1n) is 9.29. The molecule has 2 aliphatic rings. The van der Waals surface area contributed by atoms with Gasteiger partial charge in [0, 0.05) is 38.4 Å². The lowest BCUT2D eigenvalue weighted by Gasteiger charge is -2.32. The molecule has 4 nitrogen and oxygen atoms in total. The van der Waals surface area contributed by atoms with E-state index >= 15 is 0 Å². The van der Waals surface area contributed by atoms with Gasteiger partial charge in [-0.05, 0) is 67.8 Å². The van der Waals surface area contributed by atoms with Gasteiger partial charge >= 0.3 is 0 Å². The van der Waals surface area contributed by atoms with Gasteiger partial charge < -0.3 is 9.47 Å². The number of fused-ring (bicyclic) bond motifs is 1. The Morgan fingerprint density at radius 3 is 2.75 bits per heavy atom. The van der Waals surface area contributed by atoms with Crippen molar-refractivity contribution in [2.24, 2.45) is 7.05 Å². The van der Waals surface area contributed by atoms with E-state index in [1.165, 1.54) is 35.7 Å². The Bertz CT molecular complexity index is 730. The van der Waals surface area contributed by atoms with Crippen LogP contribution < -0.4 is 0 Å². The highest BCUT2D eigenvalue weighted by Gasteiger charge is 2.33. The van der Waals surface area contributed by atoms with Crippen LogP contribution in [0.2, 0.25) is 0 Å². The van der Waals surface area contributed by atoms with Crippen molar-refractivity contribution in [3.63, 3.8) is 0 Å². The first kappa shape index (κ1) is 15.7. The number of aromatic nitrogens is 1. The van der Waals surface area contributed by atoms with Gasteiger partial charge in [0.2, 0.25) is 5.91 Å². The van der Waals surface area contributed by atoms with E-state index in [2.05, 4.69) is 51.9 Å². The Hall–Kier alpha value is -1.81. The average molecular weight is 325 g/mol. The van der Waals surface area contributed by atoms with E-state index in [0.717, 1.165) is 39.0 Å². The summed E-state index contributed by atoms with van der Waals surface area (Å²) in [5, 5.41) is 1.29. The molecule has 0 N–H and O–H groups in total. The molecule has 4 heteroatoms. The smallest absolute Gasteiger partial charge is 0.239 e. The standard InChI is InChI=1S/C20H27N3O/c1-21-13-9-17-14-16(7-8-18(17)21)15-23-12-5-6-19(23)20(24)22-10-3-2-4-11-22/h7-9,13-14,19H,2-6,10-12,15H2,1H3/t19-/m0/s1. The van der Waals surface area contributed by atoms with Crippen LogP contribution in [0.25, 0.3) is 10.9 Å². The Morgan fingerprint density at radius 2 is 1.92 bits per heavy atom. The lowest BCUT2D eigenvalue weighted by atomic mass is 10.1. The first-order valence-corrected chi connectivity index (χ1v) is 9.29. The number of piperidine rings is 1. The van der Waals surface area contributed by atoms with Crippen LogP contribution in [0.5, 0.6) is 0 Å². The summed E-state index contributed by atoms with van der Waals surface area (Å²) >= 11 is 0. The van der Waals surface area contributed by atoms with E-state index in [-0.39, 0.29) is 6.04 Å². The Labute approximate surface area is 144 Å². The third-order valence-electron chi connectivity index (χ3n) is 5.65. The molecule has 3 heterocycles. The van der Waals surface area contributed by atoms with Crippen molar-refractivity contribution >= 4 is 16.8 Å². The van der Waals surface area contributed by atoms with Gasteiger partial charge in [0.25, 0.3) is 0 Å². The molecule has 0 spiro atoms. The molecule has 0 aliphatic carbocycles. The highest BCUT2D eigenvalue weighted by molar-refractivity contribution is 5.82. The maximum absolute atomic E-state index is 12.9. The van der Waals surface area contributed by atoms with Crippen molar-refractivity contribution in [3.05, 3.63) is 36.0 Å². The van der Waals surface area contributed by atoms with Crippen molar-refractivity contribution in [3.8, 4) is 0 Å². The summed E-state index contributed by atoms with van der Waals surface area (Å²) in [6.07, 6.45) is 7.87. The molecule has 2 aromatic rings. The molecule has 0 bridgehead atoms.